The van der Waals surface area contributed by atoms with Gasteiger partial charge in [-0.15, -0.1) is 0 Å². The highest BCUT2D eigenvalue weighted by Gasteiger charge is 2.26. The van der Waals surface area contributed by atoms with Gasteiger partial charge in [-0.1, -0.05) is 6.07 Å². The van der Waals surface area contributed by atoms with Gasteiger partial charge in [0.15, 0.2) is 17.2 Å². The van der Waals surface area contributed by atoms with Gasteiger partial charge in [0.2, 0.25) is 11.6 Å². The molecule has 1 aliphatic rings. The predicted molar refractivity (Wildman–Crippen MR) is 101 cm³/mol. The van der Waals surface area contributed by atoms with Crippen molar-refractivity contribution in [2.75, 3.05) is 21.3 Å². The van der Waals surface area contributed by atoms with Crippen LogP contribution in [0.25, 0.3) is 6.08 Å². The molecule has 6 nitrogen and oxygen atoms in total. The lowest BCUT2D eigenvalue weighted by Crippen LogP contribution is -2.06. The first-order valence-corrected chi connectivity index (χ1v) is 8.54. The molecule has 27 heavy (non-hydrogen) atoms. The Bertz CT molecular complexity index is 946. The molecule has 0 N–H and O–H groups in total. The number of methoxy groups -OCH3 is 3. The number of ether oxygens (including phenoxy) is 4. The first-order valence-electron chi connectivity index (χ1n) is 7.74. The predicted octanol–water partition coefficient (Wildman–Crippen LogP) is 3.96. The SMILES string of the molecule is COc1cc(C2=N/C(=C\c3ccc(F)c(Br)c3)C(=O)O2)cc(OC)c1OC. The van der Waals surface area contributed by atoms with E-state index in [4.69, 9.17) is 18.9 Å². The minimum atomic E-state index is -0.612. The fourth-order valence-electron chi connectivity index (χ4n) is 2.50. The van der Waals surface area contributed by atoms with Gasteiger partial charge in [0.05, 0.1) is 25.8 Å². The molecule has 1 heterocycles. The second kappa shape index (κ2) is 7.79. The summed E-state index contributed by atoms with van der Waals surface area (Å²) in [6.45, 7) is 0. The molecular formula is C19H15BrFNO5. The minimum absolute atomic E-state index is 0.0947. The van der Waals surface area contributed by atoms with Crippen molar-refractivity contribution in [3.05, 3.63) is 57.4 Å². The maximum absolute atomic E-state index is 13.4. The van der Waals surface area contributed by atoms with Crippen LogP contribution in [0.4, 0.5) is 4.39 Å². The van der Waals surface area contributed by atoms with Gasteiger partial charge in [-0.25, -0.2) is 14.2 Å². The molecule has 0 unspecified atom stereocenters. The van der Waals surface area contributed by atoms with Crippen LogP contribution in [0.3, 0.4) is 0 Å². The third kappa shape index (κ3) is 3.80. The van der Waals surface area contributed by atoms with Crippen molar-refractivity contribution >= 4 is 33.9 Å². The Hall–Kier alpha value is -2.87. The second-order valence-electron chi connectivity index (χ2n) is 5.42. The second-order valence-corrected chi connectivity index (χ2v) is 6.28. The number of cyclic esters (lactones) is 1. The minimum Gasteiger partial charge on any atom is -0.493 e. The maximum atomic E-state index is 13.4. The quantitative estimate of drug-likeness (QED) is 0.525. The van der Waals surface area contributed by atoms with E-state index in [1.165, 1.54) is 39.5 Å². The topological polar surface area (TPSA) is 66.4 Å². The zero-order chi connectivity index (χ0) is 19.6. The van der Waals surface area contributed by atoms with Gasteiger partial charge in [-0.2, -0.15) is 0 Å². The Morgan fingerprint density at radius 2 is 1.74 bits per heavy atom. The van der Waals surface area contributed by atoms with Crippen LogP contribution in [-0.2, 0) is 9.53 Å². The molecule has 0 amide bonds. The van der Waals surface area contributed by atoms with E-state index in [0.29, 0.717) is 28.4 Å². The third-order valence-electron chi connectivity index (χ3n) is 3.78. The average molecular weight is 436 g/mol. The van der Waals surface area contributed by atoms with Crippen molar-refractivity contribution in [2.45, 2.75) is 0 Å². The smallest absolute Gasteiger partial charge is 0.363 e. The molecule has 0 aliphatic carbocycles. The number of rotatable bonds is 5. The van der Waals surface area contributed by atoms with Crippen LogP contribution in [0.1, 0.15) is 11.1 Å². The summed E-state index contributed by atoms with van der Waals surface area (Å²) in [7, 11) is 4.47. The fourth-order valence-corrected chi connectivity index (χ4v) is 2.89. The van der Waals surface area contributed by atoms with E-state index in [9.17, 15) is 9.18 Å². The highest BCUT2D eigenvalue weighted by Crippen LogP contribution is 2.39. The molecule has 3 rings (SSSR count). The summed E-state index contributed by atoms with van der Waals surface area (Å²) in [5.41, 5.74) is 1.18. The summed E-state index contributed by atoms with van der Waals surface area (Å²) in [5, 5.41) is 0. The van der Waals surface area contributed by atoms with E-state index in [0.717, 1.165) is 0 Å². The number of benzene rings is 2. The number of aliphatic imine (C=N–C) groups is 1. The number of nitrogens with zero attached hydrogens (tertiary/aromatic N) is 1. The third-order valence-corrected chi connectivity index (χ3v) is 4.39. The average Bonchev–Trinajstić information content (AvgIpc) is 3.03. The van der Waals surface area contributed by atoms with E-state index in [1.807, 2.05) is 0 Å². The number of halogens is 2. The molecule has 0 aromatic heterocycles. The van der Waals surface area contributed by atoms with Gasteiger partial charge in [0.25, 0.3) is 0 Å². The summed E-state index contributed by atoms with van der Waals surface area (Å²) >= 11 is 3.11. The van der Waals surface area contributed by atoms with Crippen LogP contribution in [0.15, 0.2) is 45.5 Å². The Balaban J connectivity index is 2.01. The Morgan fingerprint density at radius 3 is 2.30 bits per heavy atom. The summed E-state index contributed by atoms with van der Waals surface area (Å²) in [5.74, 6) is 0.329. The molecule has 0 radical (unpaired) electrons. The molecule has 1 aliphatic heterocycles. The van der Waals surface area contributed by atoms with Gasteiger partial charge in [0, 0.05) is 5.56 Å². The van der Waals surface area contributed by atoms with E-state index >= 15 is 0 Å². The Morgan fingerprint density at radius 1 is 1.07 bits per heavy atom. The first kappa shape index (κ1) is 18.9. The van der Waals surface area contributed by atoms with Gasteiger partial charge >= 0.3 is 5.97 Å². The molecule has 0 spiro atoms. The lowest BCUT2D eigenvalue weighted by Gasteiger charge is -2.13. The molecule has 8 heteroatoms. The molecule has 0 bridgehead atoms. The Labute approximate surface area is 163 Å². The van der Waals surface area contributed by atoms with E-state index in [-0.39, 0.29) is 16.1 Å². The van der Waals surface area contributed by atoms with Gasteiger partial charge < -0.3 is 18.9 Å². The van der Waals surface area contributed by atoms with Crippen molar-refractivity contribution in [2.24, 2.45) is 4.99 Å². The highest BCUT2D eigenvalue weighted by atomic mass is 79.9. The Kier molecular flexibility index (Phi) is 5.46. The normalized spacial score (nSPS) is 14.8. The summed E-state index contributed by atoms with van der Waals surface area (Å²) in [6.07, 6.45) is 1.51. The number of carbonyl (C=O) groups is 1. The van der Waals surface area contributed by atoms with Crippen molar-refractivity contribution < 1.29 is 28.1 Å². The van der Waals surface area contributed by atoms with Crippen LogP contribution in [0.5, 0.6) is 17.2 Å². The number of carbonyl (C=O) groups excluding carboxylic acids is 1. The molecule has 2 aromatic rings. The molecule has 0 saturated heterocycles. The van der Waals surface area contributed by atoms with E-state index in [2.05, 4.69) is 20.9 Å². The number of hydrogen-bond acceptors (Lipinski definition) is 6. The summed E-state index contributed by atoms with van der Waals surface area (Å²) in [4.78, 5) is 16.4. The lowest BCUT2D eigenvalue weighted by molar-refractivity contribution is -0.129. The summed E-state index contributed by atoms with van der Waals surface area (Å²) in [6, 6.07) is 7.63. The van der Waals surface area contributed by atoms with Crippen LogP contribution in [0, 0.1) is 5.82 Å². The van der Waals surface area contributed by atoms with Crippen LogP contribution >= 0.6 is 15.9 Å². The standard InChI is InChI=1S/C19H15BrFNO5/c1-24-15-8-11(9-16(25-2)17(15)26-3)18-22-14(19(23)27-18)7-10-4-5-13(21)12(20)6-10/h4-9H,1-3H3/b14-7-. The van der Waals surface area contributed by atoms with E-state index in [1.54, 1.807) is 18.2 Å². The maximum Gasteiger partial charge on any atom is 0.363 e. The van der Waals surface area contributed by atoms with Crippen molar-refractivity contribution in [3.63, 3.8) is 0 Å². The largest absolute Gasteiger partial charge is 0.493 e. The number of esters is 1. The zero-order valence-electron chi connectivity index (χ0n) is 14.7. The van der Waals surface area contributed by atoms with Crippen LogP contribution < -0.4 is 14.2 Å². The molecular weight excluding hydrogens is 421 g/mol. The van der Waals surface area contributed by atoms with Crippen LogP contribution in [0.2, 0.25) is 0 Å². The van der Waals surface area contributed by atoms with E-state index < -0.39 is 11.8 Å². The number of hydrogen-bond donors (Lipinski definition) is 0. The van der Waals surface area contributed by atoms with Crippen molar-refractivity contribution in [1.82, 2.24) is 0 Å². The van der Waals surface area contributed by atoms with Crippen molar-refractivity contribution in [3.8, 4) is 17.2 Å². The fraction of sp³-hybridized carbons (Fsp3) is 0.158. The molecule has 2 aromatic carbocycles. The first-order chi connectivity index (χ1) is 13.0. The van der Waals surface area contributed by atoms with Crippen molar-refractivity contribution in [1.29, 1.82) is 0 Å². The van der Waals surface area contributed by atoms with Crippen LogP contribution in [-0.4, -0.2) is 33.2 Å². The highest BCUT2D eigenvalue weighted by molar-refractivity contribution is 9.10. The zero-order valence-corrected chi connectivity index (χ0v) is 16.3. The summed E-state index contributed by atoms with van der Waals surface area (Å²) < 4.78 is 34.8. The van der Waals surface area contributed by atoms with Gasteiger partial charge in [-0.05, 0) is 51.8 Å². The lowest BCUT2D eigenvalue weighted by atomic mass is 10.1. The molecule has 140 valence electrons. The molecule has 0 atom stereocenters. The van der Waals surface area contributed by atoms with Gasteiger partial charge in [0.1, 0.15) is 5.82 Å². The monoisotopic (exact) mass is 435 g/mol. The van der Waals surface area contributed by atoms with Gasteiger partial charge in [-0.3, -0.25) is 0 Å². The molecule has 0 saturated carbocycles. The molecule has 0 fully saturated rings.